The van der Waals surface area contributed by atoms with Gasteiger partial charge in [0.1, 0.15) is 0 Å². The average molecular weight is 287 g/mol. The summed E-state index contributed by atoms with van der Waals surface area (Å²) >= 11 is 0. The van der Waals surface area contributed by atoms with E-state index in [0.29, 0.717) is 12.8 Å². The van der Waals surface area contributed by atoms with E-state index in [1.807, 2.05) is 24.3 Å². The Hall–Kier alpha value is -1.68. The fourth-order valence-electron chi connectivity index (χ4n) is 3.06. The number of hydrogen-bond acceptors (Lipinski definition) is 3. The third kappa shape index (κ3) is 3.32. The Balaban J connectivity index is 1.58. The molecule has 0 spiro atoms. The minimum absolute atomic E-state index is 0.157. The highest BCUT2D eigenvalue weighted by atomic mass is 16.5. The minimum Gasteiger partial charge on any atom is -0.378 e. The Morgan fingerprint density at radius 1 is 1.24 bits per heavy atom. The molecule has 1 aromatic carbocycles. The number of amides is 1. The summed E-state index contributed by atoms with van der Waals surface area (Å²) in [5, 5.41) is 0. The molecule has 21 heavy (non-hydrogen) atoms. The number of carbonyl (C=O) groups is 2. The summed E-state index contributed by atoms with van der Waals surface area (Å²) in [6, 6.07) is 7.42. The van der Waals surface area contributed by atoms with Crippen molar-refractivity contribution in [2.75, 3.05) is 18.1 Å². The zero-order chi connectivity index (χ0) is 14.7. The first-order valence-corrected chi connectivity index (χ1v) is 7.79. The van der Waals surface area contributed by atoms with Gasteiger partial charge in [0.25, 0.3) is 0 Å². The molecule has 2 aliphatic rings. The molecule has 0 aromatic heterocycles. The van der Waals surface area contributed by atoms with Crippen LogP contribution in [0.1, 0.15) is 48.9 Å². The molecule has 1 atom stereocenters. The molecule has 2 saturated heterocycles. The van der Waals surface area contributed by atoms with Gasteiger partial charge < -0.3 is 9.64 Å². The quantitative estimate of drug-likeness (QED) is 0.782. The topological polar surface area (TPSA) is 46.6 Å². The fraction of sp³-hybridized carbons (Fsp3) is 0.529. The predicted octanol–water partition coefficient (Wildman–Crippen LogP) is 2.96. The molecule has 4 heteroatoms. The number of carbonyl (C=O) groups excluding carboxylic acids is 2. The van der Waals surface area contributed by atoms with Gasteiger partial charge >= 0.3 is 0 Å². The maximum atomic E-state index is 12.2. The first-order valence-electron chi connectivity index (χ1n) is 7.79. The molecule has 1 aromatic rings. The minimum atomic E-state index is 0.157. The van der Waals surface area contributed by atoms with Gasteiger partial charge in [-0.15, -0.1) is 0 Å². The summed E-state index contributed by atoms with van der Waals surface area (Å²) in [5.41, 5.74) is 1.62. The van der Waals surface area contributed by atoms with Crippen molar-refractivity contribution < 1.29 is 14.3 Å². The van der Waals surface area contributed by atoms with Gasteiger partial charge in [-0.25, -0.2) is 0 Å². The number of Topliss-reactive ketones (excluding diaryl/α,β-unsaturated/α-hetero) is 1. The summed E-state index contributed by atoms with van der Waals surface area (Å²) in [5.74, 6) is 0.331. The van der Waals surface area contributed by atoms with Crippen LogP contribution in [0.25, 0.3) is 0 Å². The van der Waals surface area contributed by atoms with Crippen molar-refractivity contribution in [1.29, 1.82) is 0 Å². The summed E-state index contributed by atoms with van der Waals surface area (Å²) in [6.07, 6.45) is 5.33. The Kier molecular flexibility index (Phi) is 4.34. The van der Waals surface area contributed by atoms with Crippen LogP contribution in [0.2, 0.25) is 0 Å². The molecule has 2 aliphatic heterocycles. The number of benzene rings is 1. The highest BCUT2D eigenvalue weighted by Crippen LogP contribution is 2.23. The second kappa shape index (κ2) is 6.39. The van der Waals surface area contributed by atoms with Gasteiger partial charge in [-0.1, -0.05) is 0 Å². The van der Waals surface area contributed by atoms with E-state index in [1.54, 1.807) is 4.90 Å². The monoisotopic (exact) mass is 287 g/mol. The maximum absolute atomic E-state index is 12.2. The first-order chi connectivity index (χ1) is 10.2. The number of anilines is 1. The summed E-state index contributed by atoms with van der Waals surface area (Å²) in [6.45, 7) is 1.61. The van der Waals surface area contributed by atoms with Crippen LogP contribution in [0.4, 0.5) is 5.69 Å². The van der Waals surface area contributed by atoms with Crippen molar-refractivity contribution >= 4 is 17.4 Å². The lowest BCUT2D eigenvalue weighted by atomic mass is 10.0. The third-order valence-corrected chi connectivity index (χ3v) is 4.29. The van der Waals surface area contributed by atoms with Crippen LogP contribution in [0.5, 0.6) is 0 Å². The molecular weight excluding hydrogens is 266 g/mol. The van der Waals surface area contributed by atoms with Crippen LogP contribution >= 0.6 is 0 Å². The molecule has 2 fully saturated rings. The van der Waals surface area contributed by atoms with Gasteiger partial charge in [-0.2, -0.15) is 0 Å². The normalized spacial score (nSPS) is 22.0. The fourth-order valence-corrected chi connectivity index (χ4v) is 3.06. The Bertz CT molecular complexity index is 517. The molecule has 1 unspecified atom stereocenters. The standard InChI is InChI=1S/C17H21NO3/c19-16(10-9-15-3-2-12-21-15)13-5-7-14(8-6-13)18-11-1-4-17(18)20/h5-8,15H,1-4,9-12H2. The van der Waals surface area contributed by atoms with Crippen molar-refractivity contribution in [2.24, 2.45) is 0 Å². The van der Waals surface area contributed by atoms with Crippen LogP contribution in [0, 0.1) is 0 Å². The maximum Gasteiger partial charge on any atom is 0.227 e. The van der Waals surface area contributed by atoms with E-state index in [2.05, 4.69) is 0 Å². The molecule has 0 saturated carbocycles. The van der Waals surface area contributed by atoms with Crippen LogP contribution in [-0.2, 0) is 9.53 Å². The number of ether oxygens (including phenoxy) is 1. The van der Waals surface area contributed by atoms with Gasteiger partial charge in [0.15, 0.2) is 5.78 Å². The lowest BCUT2D eigenvalue weighted by Gasteiger charge is -2.15. The zero-order valence-electron chi connectivity index (χ0n) is 12.2. The van der Waals surface area contributed by atoms with Gasteiger partial charge in [0, 0.05) is 37.2 Å². The summed E-state index contributed by atoms with van der Waals surface area (Å²) < 4.78 is 5.54. The highest BCUT2D eigenvalue weighted by Gasteiger charge is 2.22. The molecular formula is C17H21NO3. The molecule has 0 N–H and O–H groups in total. The lowest BCUT2D eigenvalue weighted by Crippen LogP contribution is -2.23. The number of hydrogen-bond donors (Lipinski definition) is 0. The largest absolute Gasteiger partial charge is 0.378 e. The van der Waals surface area contributed by atoms with Crippen molar-refractivity contribution in [2.45, 2.75) is 44.6 Å². The Morgan fingerprint density at radius 3 is 2.67 bits per heavy atom. The SMILES string of the molecule is O=C(CCC1CCCO1)c1ccc(N2CCCC2=O)cc1. The summed E-state index contributed by atoms with van der Waals surface area (Å²) in [7, 11) is 0. The molecule has 1 amide bonds. The highest BCUT2D eigenvalue weighted by molar-refractivity contribution is 5.98. The van der Waals surface area contributed by atoms with Crippen LogP contribution in [0.15, 0.2) is 24.3 Å². The van der Waals surface area contributed by atoms with E-state index < -0.39 is 0 Å². The number of ketones is 1. The molecule has 4 nitrogen and oxygen atoms in total. The van der Waals surface area contributed by atoms with Crippen molar-refractivity contribution in [3.63, 3.8) is 0 Å². The molecule has 0 radical (unpaired) electrons. The number of rotatable bonds is 5. The van der Waals surface area contributed by atoms with Gasteiger partial charge in [0.05, 0.1) is 6.10 Å². The Morgan fingerprint density at radius 2 is 2.05 bits per heavy atom. The van der Waals surface area contributed by atoms with Gasteiger partial charge in [-0.05, 0) is 49.9 Å². The van der Waals surface area contributed by atoms with E-state index >= 15 is 0 Å². The third-order valence-electron chi connectivity index (χ3n) is 4.29. The molecule has 3 rings (SSSR count). The van der Waals surface area contributed by atoms with Crippen LogP contribution < -0.4 is 4.90 Å². The lowest BCUT2D eigenvalue weighted by molar-refractivity contribution is -0.117. The molecule has 0 bridgehead atoms. The second-order valence-corrected chi connectivity index (χ2v) is 5.79. The van der Waals surface area contributed by atoms with E-state index in [4.69, 9.17) is 4.74 Å². The Labute approximate surface area is 125 Å². The van der Waals surface area contributed by atoms with Crippen LogP contribution in [-0.4, -0.2) is 30.9 Å². The van der Waals surface area contributed by atoms with Crippen molar-refractivity contribution in [1.82, 2.24) is 0 Å². The molecule has 0 aliphatic carbocycles. The zero-order valence-corrected chi connectivity index (χ0v) is 12.2. The van der Waals surface area contributed by atoms with Crippen molar-refractivity contribution in [3.05, 3.63) is 29.8 Å². The smallest absolute Gasteiger partial charge is 0.227 e. The van der Waals surface area contributed by atoms with E-state index in [-0.39, 0.29) is 17.8 Å². The predicted molar refractivity (Wildman–Crippen MR) is 80.6 cm³/mol. The first kappa shape index (κ1) is 14.3. The van der Waals surface area contributed by atoms with E-state index in [0.717, 1.165) is 50.1 Å². The van der Waals surface area contributed by atoms with E-state index in [1.165, 1.54) is 0 Å². The molecule has 2 heterocycles. The molecule has 112 valence electrons. The van der Waals surface area contributed by atoms with E-state index in [9.17, 15) is 9.59 Å². The summed E-state index contributed by atoms with van der Waals surface area (Å²) in [4.78, 5) is 25.6. The van der Waals surface area contributed by atoms with Gasteiger partial charge in [-0.3, -0.25) is 9.59 Å². The average Bonchev–Trinajstić information content (AvgIpc) is 3.16. The van der Waals surface area contributed by atoms with Crippen LogP contribution in [0.3, 0.4) is 0 Å². The van der Waals surface area contributed by atoms with Gasteiger partial charge in [0.2, 0.25) is 5.91 Å². The second-order valence-electron chi connectivity index (χ2n) is 5.79. The van der Waals surface area contributed by atoms with Crippen molar-refractivity contribution in [3.8, 4) is 0 Å². The number of nitrogens with zero attached hydrogens (tertiary/aromatic N) is 1.